The SMILES string of the molecule is Ic1ccccc1NCC1CCCO1. The molecule has 14 heavy (non-hydrogen) atoms. The summed E-state index contributed by atoms with van der Waals surface area (Å²) < 4.78 is 6.82. The third kappa shape index (κ3) is 2.60. The average molecular weight is 303 g/mol. The van der Waals surface area contributed by atoms with E-state index in [0.717, 1.165) is 13.2 Å². The smallest absolute Gasteiger partial charge is 0.0748 e. The van der Waals surface area contributed by atoms with Crippen LogP contribution < -0.4 is 5.32 Å². The van der Waals surface area contributed by atoms with E-state index in [1.807, 2.05) is 0 Å². The summed E-state index contributed by atoms with van der Waals surface area (Å²) in [4.78, 5) is 0. The van der Waals surface area contributed by atoms with Crippen molar-refractivity contribution >= 4 is 28.3 Å². The van der Waals surface area contributed by atoms with Gasteiger partial charge in [0.25, 0.3) is 0 Å². The van der Waals surface area contributed by atoms with E-state index in [1.54, 1.807) is 0 Å². The van der Waals surface area contributed by atoms with Crippen LogP contribution in [-0.4, -0.2) is 19.3 Å². The first-order chi connectivity index (χ1) is 6.86. The molecule has 0 bridgehead atoms. The lowest BCUT2D eigenvalue weighted by Gasteiger charge is -2.12. The van der Waals surface area contributed by atoms with Gasteiger partial charge in [-0.15, -0.1) is 0 Å². The van der Waals surface area contributed by atoms with E-state index in [-0.39, 0.29) is 0 Å². The Bertz CT molecular complexity index is 297. The minimum Gasteiger partial charge on any atom is -0.382 e. The highest BCUT2D eigenvalue weighted by atomic mass is 127. The van der Waals surface area contributed by atoms with Crippen molar-refractivity contribution in [3.05, 3.63) is 27.8 Å². The second kappa shape index (κ2) is 4.98. The van der Waals surface area contributed by atoms with E-state index in [9.17, 15) is 0 Å². The standard InChI is InChI=1S/C11H14INO/c12-10-5-1-2-6-11(10)13-8-9-4-3-7-14-9/h1-2,5-6,9,13H,3-4,7-8H2. The lowest BCUT2D eigenvalue weighted by Crippen LogP contribution is -2.18. The molecule has 1 aliphatic heterocycles. The van der Waals surface area contributed by atoms with Gasteiger partial charge in [0.15, 0.2) is 0 Å². The Morgan fingerprint density at radius 2 is 2.29 bits per heavy atom. The molecule has 0 radical (unpaired) electrons. The maximum Gasteiger partial charge on any atom is 0.0748 e. The van der Waals surface area contributed by atoms with Crippen molar-refractivity contribution in [3.63, 3.8) is 0 Å². The number of hydrogen-bond donors (Lipinski definition) is 1. The quantitative estimate of drug-likeness (QED) is 0.867. The van der Waals surface area contributed by atoms with Crippen molar-refractivity contribution in [3.8, 4) is 0 Å². The number of anilines is 1. The largest absolute Gasteiger partial charge is 0.382 e. The van der Waals surface area contributed by atoms with Crippen LogP contribution in [0.15, 0.2) is 24.3 Å². The monoisotopic (exact) mass is 303 g/mol. The number of nitrogens with one attached hydrogen (secondary N) is 1. The minimum atomic E-state index is 0.408. The maximum atomic E-state index is 5.55. The van der Waals surface area contributed by atoms with E-state index in [4.69, 9.17) is 4.74 Å². The lowest BCUT2D eigenvalue weighted by atomic mass is 10.2. The summed E-state index contributed by atoms with van der Waals surface area (Å²) >= 11 is 2.34. The Morgan fingerprint density at radius 3 is 3.00 bits per heavy atom. The van der Waals surface area contributed by atoms with Crippen LogP contribution in [0.25, 0.3) is 0 Å². The second-order valence-corrected chi connectivity index (χ2v) is 4.66. The molecule has 1 unspecified atom stereocenters. The van der Waals surface area contributed by atoms with Gasteiger partial charge in [0.05, 0.1) is 6.10 Å². The summed E-state index contributed by atoms with van der Waals surface area (Å²) in [5.74, 6) is 0. The molecule has 1 saturated heterocycles. The molecule has 1 fully saturated rings. The van der Waals surface area contributed by atoms with E-state index < -0.39 is 0 Å². The maximum absolute atomic E-state index is 5.55. The van der Waals surface area contributed by atoms with Gasteiger partial charge in [0, 0.05) is 22.4 Å². The zero-order valence-electron chi connectivity index (χ0n) is 8.00. The molecule has 76 valence electrons. The van der Waals surface area contributed by atoms with Gasteiger partial charge < -0.3 is 10.1 Å². The molecule has 0 aliphatic carbocycles. The first kappa shape index (κ1) is 10.2. The molecule has 0 amide bonds. The highest BCUT2D eigenvalue weighted by Crippen LogP contribution is 2.18. The molecule has 0 spiro atoms. The van der Waals surface area contributed by atoms with Gasteiger partial charge >= 0.3 is 0 Å². The van der Waals surface area contributed by atoms with Crippen LogP contribution in [-0.2, 0) is 4.74 Å². The molecule has 1 atom stereocenters. The summed E-state index contributed by atoms with van der Waals surface area (Å²) in [6.07, 6.45) is 2.81. The fraction of sp³-hybridized carbons (Fsp3) is 0.455. The minimum absolute atomic E-state index is 0.408. The molecule has 0 saturated carbocycles. The van der Waals surface area contributed by atoms with E-state index in [0.29, 0.717) is 6.10 Å². The van der Waals surface area contributed by atoms with Crippen molar-refractivity contribution in [2.24, 2.45) is 0 Å². The Balaban J connectivity index is 1.88. The fourth-order valence-corrected chi connectivity index (χ4v) is 2.21. The highest BCUT2D eigenvalue weighted by Gasteiger charge is 2.14. The fourth-order valence-electron chi connectivity index (χ4n) is 1.63. The molecular weight excluding hydrogens is 289 g/mol. The molecule has 1 aliphatic rings. The topological polar surface area (TPSA) is 21.3 Å². The molecule has 0 aromatic heterocycles. The summed E-state index contributed by atoms with van der Waals surface area (Å²) in [6.45, 7) is 1.86. The molecule has 2 nitrogen and oxygen atoms in total. The highest BCUT2D eigenvalue weighted by molar-refractivity contribution is 14.1. The number of benzene rings is 1. The first-order valence-electron chi connectivity index (χ1n) is 4.96. The molecule has 1 heterocycles. The summed E-state index contributed by atoms with van der Waals surface area (Å²) in [5, 5.41) is 3.42. The van der Waals surface area contributed by atoms with Crippen LogP contribution in [0.2, 0.25) is 0 Å². The predicted octanol–water partition coefficient (Wildman–Crippen LogP) is 2.88. The van der Waals surface area contributed by atoms with E-state index >= 15 is 0 Å². The summed E-state index contributed by atoms with van der Waals surface area (Å²) in [7, 11) is 0. The number of halogens is 1. The zero-order valence-corrected chi connectivity index (χ0v) is 10.2. The van der Waals surface area contributed by atoms with Crippen LogP contribution in [0, 0.1) is 3.57 Å². The van der Waals surface area contributed by atoms with Crippen molar-refractivity contribution in [2.45, 2.75) is 18.9 Å². The molecule has 3 heteroatoms. The predicted molar refractivity (Wildman–Crippen MR) is 66.6 cm³/mol. The van der Waals surface area contributed by atoms with Gasteiger partial charge in [-0.1, -0.05) is 12.1 Å². The average Bonchev–Trinajstić information content (AvgIpc) is 2.69. The molecular formula is C11H14INO. The van der Waals surface area contributed by atoms with Crippen molar-refractivity contribution in [2.75, 3.05) is 18.5 Å². The molecule has 2 rings (SSSR count). The molecule has 1 aromatic rings. The van der Waals surface area contributed by atoms with Gasteiger partial charge in [0.2, 0.25) is 0 Å². The van der Waals surface area contributed by atoms with Crippen molar-refractivity contribution < 1.29 is 4.74 Å². The van der Waals surface area contributed by atoms with Crippen molar-refractivity contribution in [1.29, 1.82) is 0 Å². The zero-order chi connectivity index (χ0) is 9.80. The molecule has 1 aromatic carbocycles. The summed E-state index contributed by atoms with van der Waals surface area (Å²) in [6, 6.07) is 8.33. The summed E-state index contributed by atoms with van der Waals surface area (Å²) in [5.41, 5.74) is 1.21. The van der Waals surface area contributed by atoms with Crippen LogP contribution >= 0.6 is 22.6 Å². The molecule has 1 N–H and O–H groups in total. The number of para-hydroxylation sites is 1. The first-order valence-corrected chi connectivity index (χ1v) is 6.04. The number of ether oxygens (including phenoxy) is 1. The second-order valence-electron chi connectivity index (χ2n) is 3.50. The van der Waals surface area contributed by atoms with Crippen LogP contribution in [0.5, 0.6) is 0 Å². The van der Waals surface area contributed by atoms with E-state index in [1.165, 1.54) is 22.1 Å². The van der Waals surface area contributed by atoms with Crippen molar-refractivity contribution in [1.82, 2.24) is 0 Å². The van der Waals surface area contributed by atoms with Crippen LogP contribution in [0.3, 0.4) is 0 Å². The van der Waals surface area contributed by atoms with Crippen LogP contribution in [0.4, 0.5) is 5.69 Å². The van der Waals surface area contributed by atoms with Gasteiger partial charge in [-0.05, 0) is 47.6 Å². The third-order valence-corrected chi connectivity index (χ3v) is 3.36. The Kier molecular flexibility index (Phi) is 3.64. The Morgan fingerprint density at radius 1 is 1.43 bits per heavy atom. The van der Waals surface area contributed by atoms with Gasteiger partial charge in [-0.25, -0.2) is 0 Å². The Hall–Kier alpha value is -0.290. The Labute approximate surface area is 98.2 Å². The number of hydrogen-bond acceptors (Lipinski definition) is 2. The van der Waals surface area contributed by atoms with Gasteiger partial charge in [0.1, 0.15) is 0 Å². The van der Waals surface area contributed by atoms with Gasteiger partial charge in [-0.3, -0.25) is 0 Å². The van der Waals surface area contributed by atoms with Gasteiger partial charge in [-0.2, -0.15) is 0 Å². The third-order valence-electron chi connectivity index (χ3n) is 2.42. The number of rotatable bonds is 3. The van der Waals surface area contributed by atoms with E-state index in [2.05, 4.69) is 52.2 Å². The van der Waals surface area contributed by atoms with Crippen LogP contribution in [0.1, 0.15) is 12.8 Å². The lowest BCUT2D eigenvalue weighted by molar-refractivity contribution is 0.120. The normalized spacial score (nSPS) is 21.1.